The monoisotopic (exact) mass is 534 g/mol. The molecular weight excluding hydrogens is 504 g/mol. The van der Waals surface area contributed by atoms with E-state index < -0.39 is 17.5 Å². The highest BCUT2D eigenvalue weighted by Crippen LogP contribution is 2.34. The van der Waals surface area contributed by atoms with Gasteiger partial charge in [-0.1, -0.05) is 6.07 Å². The van der Waals surface area contributed by atoms with Gasteiger partial charge in [-0.05, 0) is 81.8 Å². The van der Waals surface area contributed by atoms with Gasteiger partial charge >= 0.3 is 0 Å². The van der Waals surface area contributed by atoms with E-state index in [1.54, 1.807) is 43.3 Å². The largest absolute Gasteiger partial charge is 0.464 e. The summed E-state index contributed by atoms with van der Waals surface area (Å²) in [6.45, 7) is 9.14. The fourth-order valence-corrected chi connectivity index (χ4v) is 4.20. The third-order valence-corrected chi connectivity index (χ3v) is 5.89. The van der Waals surface area contributed by atoms with Crippen molar-refractivity contribution in [2.45, 2.75) is 59.3 Å². The number of tetrazole rings is 1. The van der Waals surface area contributed by atoms with Gasteiger partial charge in [0.1, 0.15) is 23.8 Å². The van der Waals surface area contributed by atoms with E-state index in [4.69, 9.17) is 18.3 Å². The molecule has 12 nitrogen and oxygen atoms in total. The number of amides is 2. The van der Waals surface area contributed by atoms with Gasteiger partial charge in [-0.25, -0.2) is 0 Å². The second-order valence-electron chi connectivity index (χ2n) is 10.4. The molecule has 39 heavy (non-hydrogen) atoms. The van der Waals surface area contributed by atoms with Crippen LogP contribution in [0.3, 0.4) is 0 Å². The minimum Gasteiger partial charge on any atom is -0.464 e. The summed E-state index contributed by atoms with van der Waals surface area (Å²) in [6, 6.07) is 11.3. The first-order chi connectivity index (χ1) is 18.6. The summed E-state index contributed by atoms with van der Waals surface area (Å²) < 4.78 is 22.4. The lowest BCUT2D eigenvalue weighted by molar-refractivity contribution is -0.143. The Labute approximate surface area is 224 Å². The lowest BCUT2D eigenvalue weighted by atomic mass is 10.1. The molecule has 4 heterocycles. The number of rotatable bonds is 8. The molecule has 0 bridgehead atoms. The van der Waals surface area contributed by atoms with Crippen LogP contribution in [0.4, 0.5) is 0 Å². The molecule has 4 aromatic rings. The number of aromatic nitrogens is 4. The predicted octanol–water partition coefficient (Wildman–Crippen LogP) is 3.56. The van der Waals surface area contributed by atoms with Crippen LogP contribution in [-0.2, 0) is 22.7 Å². The van der Waals surface area contributed by atoms with E-state index in [1.165, 1.54) is 9.70 Å². The average Bonchev–Trinajstić information content (AvgIpc) is 3.65. The molecule has 1 unspecified atom stereocenters. The van der Waals surface area contributed by atoms with Gasteiger partial charge in [0.05, 0.1) is 0 Å². The Kier molecular flexibility index (Phi) is 6.85. The lowest BCUT2D eigenvalue weighted by Crippen LogP contribution is -2.49. The van der Waals surface area contributed by atoms with Crippen molar-refractivity contribution in [3.8, 4) is 23.1 Å². The fourth-order valence-electron chi connectivity index (χ4n) is 4.20. The summed E-state index contributed by atoms with van der Waals surface area (Å²) in [4.78, 5) is 30.2. The maximum absolute atomic E-state index is 13.9. The fraction of sp³-hybridized carbons (Fsp3) is 0.370. The second kappa shape index (κ2) is 10.3. The van der Waals surface area contributed by atoms with E-state index in [-0.39, 0.29) is 31.6 Å². The van der Waals surface area contributed by atoms with Crippen LogP contribution in [-0.4, -0.2) is 49.3 Å². The highest BCUT2D eigenvalue weighted by molar-refractivity contribution is 5.88. The zero-order chi connectivity index (χ0) is 27.7. The van der Waals surface area contributed by atoms with Crippen LogP contribution in [0.25, 0.3) is 11.6 Å². The Morgan fingerprint density at radius 3 is 2.46 bits per heavy atom. The van der Waals surface area contributed by atoms with Crippen LogP contribution in [0.2, 0.25) is 0 Å². The molecule has 2 amide bonds. The lowest BCUT2D eigenvalue weighted by Gasteiger charge is -2.32. The van der Waals surface area contributed by atoms with Crippen LogP contribution < -0.4 is 14.8 Å². The Morgan fingerprint density at radius 1 is 1.03 bits per heavy atom. The molecule has 204 valence electrons. The van der Waals surface area contributed by atoms with E-state index >= 15 is 0 Å². The van der Waals surface area contributed by atoms with Crippen molar-refractivity contribution in [2.75, 3.05) is 6.79 Å². The van der Waals surface area contributed by atoms with Gasteiger partial charge in [0.2, 0.25) is 18.5 Å². The average molecular weight is 535 g/mol. The topological polar surface area (TPSA) is 138 Å². The smallest absolute Gasteiger partial charge is 0.251 e. The third kappa shape index (κ3) is 5.95. The van der Waals surface area contributed by atoms with E-state index in [9.17, 15) is 9.59 Å². The number of nitrogens with one attached hydrogen (secondary N) is 1. The molecule has 0 radical (unpaired) electrons. The number of hydrogen-bond donors (Lipinski definition) is 1. The molecule has 1 aromatic carbocycles. The number of carbonyl (C=O) groups is 2. The van der Waals surface area contributed by atoms with Gasteiger partial charge in [0.25, 0.3) is 5.91 Å². The third-order valence-electron chi connectivity index (χ3n) is 5.89. The summed E-state index contributed by atoms with van der Waals surface area (Å²) in [5.41, 5.74) is 0.191. The normalized spacial score (nSPS) is 13.4. The number of hydrogen-bond acceptors (Lipinski definition) is 9. The second-order valence-corrected chi connectivity index (χ2v) is 10.4. The Hall–Kier alpha value is -4.61. The highest BCUT2D eigenvalue weighted by Gasteiger charge is 2.36. The van der Waals surface area contributed by atoms with E-state index in [1.807, 2.05) is 33.8 Å². The summed E-state index contributed by atoms with van der Waals surface area (Å²) >= 11 is 0. The van der Waals surface area contributed by atoms with E-state index in [0.29, 0.717) is 34.5 Å². The van der Waals surface area contributed by atoms with Crippen LogP contribution in [0, 0.1) is 13.8 Å². The molecule has 5 rings (SSSR count). The summed E-state index contributed by atoms with van der Waals surface area (Å²) in [7, 11) is 0. The van der Waals surface area contributed by atoms with E-state index in [2.05, 4.69) is 20.7 Å². The Bertz CT molecular complexity index is 1500. The molecular formula is C27H30N6O6. The first-order valence-corrected chi connectivity index (χ1v) is 12.5. The van der Waals surface area contributed by atoms with Crippen molar-refractivity contribution in [3.05, 3.63) is 65.3 Å². The van der Waals surface area contributed by atoms with Crippen LogP contribution in [0.5, 0.6) is 11.5 Å². The number of fused-ring (bicyclic) bond motifs is 1. The van der Waals surface area contributed by atoms with Gasteiger partial charge in [-0.15, -0.1) is 10.2 Å². The molecule has 0 spiro atoms. The van der Waals surface area contributed by atoms with Crippen molar-refractivity contribution >= 4 is 11.8 Å². The van der Waals surface area contributed by atoms with Gasteiger partial charge in [0.15, 0.2) is 23.3 Å². The number of carbonyl (C=O) groups excluding carboxylic acids is 2. The van der Waals surface area contributed by atoms with Crippen LogP contribution in [0.1, 0.15) is 49.7 Å². The summed E-state index contributed by atoms with van der Waals surface area (Å²) in [5, 5.41) is 15.3. The molecule has 0 saturated carbocycles. The Balaban J connectivity index is 1.49. The van der Waals surface area contributed by atoms with Crippen molar-refractivity contribution in [1.29, 1.82) is 0 Å². The number of ether oxygens (including phenoxy) is 2. The molecule has 1 N–H and O–H groups in total. The predicted molar refractivity (Wildman–Crippen MR) is 137 cm³/mol. The first-order valence-electron chi connectivity index (χ1n) is 12.5. The molecule has 0 aliphatic carbocycles. The SMILES string of the molecule is Cc1ccc(-c2nnn(CC(=O)N(Cc3ccc4c(c3)OCO4)C(C(=O)NC(C)(C)C)c3ccc(C)o3)n2)o1. The molecule has 0 fully saturated rings. The molecule has 1 aliphatic heterocycles. The van der Waals surface area contributed by atoms with Crippen molar-refractivity contribution in [2.24, 2.45) is 0 Å². The van der Waals surface area contributed by atoms with Crippen molar-refractivity contribution < 1.29 is 27.9 Å². The summed E-state index contributed by atoms with van der Waals surface area (Å²) in [6.07, 6.45) is 0. The molecule has 0 saturated heterocycles. The van der Waals surface area contributed by atoms with Gasteiger partial charge in [-0.3, -0.25) is 9.59 Å². The van der Waals surface area contributed by atoms with Crippen LogP contribution in [0.15, 0.2) is 51.3 Å². The molecule has 3 aromatic heterocycles. The van der Waals surface area contributed by atoms with Gasteiger partial charge < -0.3 is 28.5 Å². The van der Waals surface area contributed by atoms with Crippen LogP contribution >= 0.6 is 0 Å². The van der Waals surface area contributed by atoms with E-state index in [0.717, 1.165) is 5.56 Å². The molecule has 12 heteroatoms. The number of benzene rings is 1. The minimum absolute atomic E-state index is 0.0797. The molecule has 1 aliphatic rings. The number of furan rings is 2. The zero-order valence-electron chi connectivity index (χ0n) is 22.4. The number of nitrogens with zero attached hydrogens (tertiary/aromatic N) is 5. The van der Waals surface area contributed by atoms with Gasteiger partial charge in [0, 0.05) is 12.1 Å². The highest BCUT2D eigenvalue weighted by atomic mass is 16.7. The van der Waals surface area contributed by atoms with Crippen molar-refractivity contribution in [3.63, 3.8) is 0 Å². The maximum atomic E-state index is 13.9. The first kappa shape index (κ1) is 26.0. The zero-order valence-corrected chi connectivity index (χ0v) is 22.4. The van der Waals surface area contributed by atoms with Gasteiger partial charge in [-0.2, -0.15) is 4.80 Å². The minimum atomic E-state index is -1.06. The Morgan fingerprint density at radius 2 is 1.77 bits per heavy atom. The standard InChI is InChI=1S/C27H30N6O6/c1-16-6-9-20(38-16)24(26(35)28-27(3,4)5)32(13-18-8-11-19-22(12-18)37-15-36-19)23(34)14-33-30-25(29-31-33)21-10-7-17(2)39-21/h6-12,24H,13-15H2,1-5H3,(H,28,35). The quantitative estimate of drug-likeness (QED) is 0.360. The molecule has 1 atom stereocenters. The van der Waals surface area contributed by atoms with Crippen molar-refractivity contribution in [1.82, 2.24) is 30.4 Å². The maximum Gasteiger partial charge on any atom is 0.251 e. The number of aryl methyl sites for hydroxylation is 2. The summed E-state index contributed by atoms with van der Waals surface area (Å²) in [5.74, 6) is 2.73.